The molecule has 31 heavy (non-hydrogen) atoms. The summed E-state index contributed by atoms with van der Waals surface area (Å²) in [5.74, 6) is -0.00223. The summed E-state index contributed by atoms with van der Waals surface area (Å²) in [6.07, 6.45) is 6.98. The average Bonchev–Trinajstić information content (AvgIpc) is 2.68. The summed E-state index contributed by atoms with van der Waals surface area (Å²) in [6, 6.07) is 7.61. The number of guanidine groups is 1. The number of hydrogen-bond acceptors (Lipinski definition) is 3. The molecule has 0 bridgehead atoms. The van der Waals surface area contributed by atoms with Gasteiger partial charge < -0.3 is 16.4 Å². The Labute approximate surface area is 187 Å². The van der Waals surface area contributed by atoms with Crippen LogP contribution in [0, 0.1) is 5.41 Å². The summed E-state index contributed by atoms with van der Waals surface area (Å²) < 4.78 is 0. The second-order valence-corrected chi connectivity index (χ2v) is 7.86. The molecule has 0 spiro atoms. The molecule has 7 nitrogen and oxygen atoms in total. The van der Waals surface area contributed by atoms with Crippen LogP contribution >= 0.6 is 0 Å². The van der Waals surface area contributed by atoms with Crippen molar-refractivity contribution in [2.75, 3.05) is 18.0 Å². The van der Waals surface area contributed by atoms with Crippen LogP contribution in [0.5, 0.6) is 0 Å². The van der Waals surface area contributed by atoms with Gasteiger partial charge in [0.15, 0.2) is 5.96 Å². The maximum atomic E-state index is 12.7. The molecule has 0 aliphatic heterocycles. The van der Waals surface area contributed by atoms with E-state index in [9.17, 15) is 4.79 Å². The molecule has 170 valence electrons. The minimum Gasteiger partial charge on any atom is -0.370 e. The third-order valence-corrected chi connectivity index (χ3v) is 4.37. The Hall–Kier alpha value is -2.93. The Kier molecular flexibility index (Phi) is 11.9. The summed E-state index contributed by atoms with van der Waals surface area (Å²) in [5, 5.41) is 13.3. The molecule has 0 saturated heterocycles. The van der Waals surface area contributed by atoms with E-state index in [4.69, 9.17) is 11.1 Å². The van der Waals surface area contributed by atoms with Gasteiger partial charge in [0.05, 0.1) is 5.69 Å². The summed E-state index contributed by atoms with van der Waals surface area (Å²) >= 11 is 0. The SMILES string of the molecule is CCC/C(C)=C\C(C)=C\N(C(=O)N=C(C)C)c1ccc(CNCCCNC(=N)N)cc1. The van der Waals surface area contributed by atoms with Gasteiger partial charge in [0.1, 0.15) is 0 Å². The van der Waals surface area contributed by atoms with Crippen LogP contribution in [0.25, 0.3) is 0 Å². The number of urea groups is 1. The number of aliphatic imine (C=N–C) groups is 1. The van der Waals surface area contributed by atoms with Gasteiger partial charge >= 0.3 is 6.03 Å². The molecule has 0 heterocycles. The van der Waals surface area contributed by atoms with Crippen molar-refractivity contribution in [2.24, 2.45) is 10.7 Å². The minimum absolute atomic E-state index is 0.00223. The Balaban J connectivity index is 2.87. The lowest BCUT2D eigenvalue weighted by Crippen LogP contribution is -2.32. The molecule has 0 aliphatic carbocycles. The number of nitrogens with zero attached hydrogens (tertiary/aromatic N) is 2. The lowest BCUT2D eigenvalue weighted by molar-refractivity contribution is 0.256. The topological polar surface area (TPSA) is 107 Å². The van der Waals surface area contributed by atoms with E-state index < -0.39 is 0 Å². The van der Waals surface area contributed by atoms with Gasteiger partial charge in [0.2, 0.25) is 0 Å². The molecule has 0 aliphatic rings. The number of nitrogens with one attached hydrogen (secondary N) is 3. The summed E-state index contributed by atoms with van der Waals surface area (Å²) in [4.78, 5) is 18.5. The number of rotatable bonds is 11. The number of anilines is 1. The highest BCUT2D eigenvalue weighted by molar-refractivity contribution is 6.01. The quantitative estimate of drug-likeness (QED) is 0.178. The number of carbonyl (C=O) groups is 1. The van der Waals surface area contributed by atoms with Crippen molar-refractivity contribution in [3.05, 3.63) is 53.3 Å². The first-order valence-corrected chi connectivity index (χ1v) is 10.8. The highest BCUT2D eigenvalue weighted by Gasteiger charge is 2.13. The maximum Gasteiger partial charge on any atom is 0.352 e. The van der Waals surface area contributed by atoms with Crippen molar-refractivity contribution in [3.63, 3.8) is 0 Å². The molecular weight excluding hydrogens is 388 g/mol. The highest BCUT2D eigenvalue weighted by atomic mass is 16.2. The minimum atomic E-state index is -0.301. The van der Waals surface area contributed by atoms with E-state index in [1.54, 1.807) is 4.90 Å². The van der Waals surface area contributed by atoms with Crippen molar-refractivity contribution >= 4 is 23.4 Å². The van der Waals surface area contributed by atoms with Gasteiger partial charge in [0, 0.05) is 25.0 Å². The van der Waals surface area contributed by atoms with Crippen LogP contribution in [0.1, 0.15) is 59.4 Å². The van der Waals surface area contributed by atoms with E-state index in [1.165, 1.54) is 5.57 Å². The monoisotopic (exact) mass is 426 g/mol. The maximum absolute atomic E-state index is 12.7. The van der Waals surface area contributed by atoms with Crippen LogP contribution in [-0.2, 0) is 6.54 Å². The highest BCUT2D eigenvalue weighted by Crippen LogP contribution is 2.19. The molecule has 1 aromatic carbocycles. The molecule has 5 N–H and O–H groups in total. The molecule has 0 saturated carbocycles. The molecule has 0 aromatic heterocycles. The largest absolute Gasteiger partial charge is 0.370 e. The van der Waals surface area contributed by atoms with Crippen LogP contribution in [0.4, 0.5) is 10.5 Å². The van der Waals surface area contributed by atoms with Crippen LogP contribution in [-0.4, -0.2) is 30.8 Å². The fraction of sp³-hybridized carbons (Fsp3) is 0.458. The first kappa shape index (κ1) is 26.1. The van der Waals surface area contributed by atoms with Crippen molar-refractivity contribution in [1.29, 1.82) is 5.41 Å². The molecule has 0 atom stereocenters. The average molecular weight is 427 g/mol. The fourth-order valence-electron chi connectivity index (χ4n) is 3.02. The van der Waals surface area contributed by atoms with Crippen molar-refractivity contribution in [1.82, 2.24) is 10.6 Å². The third kappa shape index (κ3) is 11.1. The molecule has 0 unspecified atom stereocenters. The lowest BCUT2D eigenvalue weighted by atomic mass is 10.1. The predicted octanol–water partition coefficient (Wildman–Crippen LogP) is 4.71. The van der Waals surface area contributed by atoms with Gasteiger partial charge in [-0.15, -0.1) is 0 Å². The Morgan fingerprint density at radius 3 is 2.42 bits per heavy atom. The molecule has 7 heteroatoms. The number of allylic oxidation sites excluding steroid dienone is 3. The standard InChI is InChI=1S/C24H38N6O/c1-6-8-19(4)15-20(5)17-30(24(31)29-18(2)3)22-11-9-21(10-12-22)16-27-13-7-14-28-23(25)26/h9-12,15,17,27H,6-8,13-14,16H2,1-5H3,(H4,25,26,28)/b19-15-,20-17+. The molecular formula is C24H38N6O. The number of hydrogen-bond donors (Lipinski definition) is 4. The van der Waals surface area contributed by atoms with Gasteiger partial charge in [-0.2, -0.15) is 0 Å². The van der Waals surface area contributed by atoms with Gasteiger partial charge in [-0.25, -0.2) is 9.79 Å². The number of amides is 2. The zero-order valence-electron chi connectivity index (χ0n) is 19.6. The van der Waals surface area contributed by atoms with Crippen molar-refractivity contribution in [2.45, 2.75) is 60.4 Å². The van der Waals surface area contributed by atoms with E-state index in [2.05, 4.69) is 35.5 Å². The molecule has 1 aromatic rings. The van der Waals surface area contributed by atoms with E-state index in [-0.39, 0.29) is 12.0 Å². The van der Waals surface area contributed by atoms with Gasteiger partial charge in [-0.1, -0.05) is 37.1 Å². The smallest absolute Gasteiger partial charge is 0.352 e. The zero-order valence-corrected chi connectivity index (χ0v) is 19.6. The lowest BCUT2D eigenvalue weighted by Gasteiger charge is -2.18. The van der Waals surface area contributed by atoms with E-state index in [1.807, 2.05) is 51.2 Å². The van der Waals surface area contributed by atoms with E-state index in [0.29, 0.717) is 6.54 Å². The van der Waals surface area contributed by atoms with Crippen LogP contribution in [0.2, 0.25) is 0 Å². The fourth-order valence-corrected chi connectivity index (χ4v) is 3.02. The summed E-state index contributed by atoms with van der Waals surface area (Å²) in [7, 11) is 0. The molecule has 0 radical (unpaired) electrons. The van der Waals surface area contributed by atoms with E-state index in [0.717, 1.165) is 54.9 Å². The summed E-state index contributed by atoms with van der Waals surface area (Å²) in [6.45, 7) is 12.1. The molecule has 0 fully saturated rings. The Bertz CT molecular complexity index is 804. The third-order valence-electron chi connectivity index (χ3n) is 4.37. The van der Waals surface area contributed by atoms with E-state index >= 15 is 0 Å². The number of nitrogens with two attached hydrogens (primary N) is 1. The van der Waals surface area contributed by atoms with Crippen molar-refractivity contribution < 1.29 is 4.79 Å². The van der Waals surface area contributed by atoms with Crippen LogP contribution in [0.15, 0.2) is 52.7 Å². The van der Waals surface area contributed by atoms with Gasteiger partial charge in [-0.3, -0.25) is 10.3 Å². The molecule has 1 rings (SSSR count). The number of benzene rings is 1. The van der Waals surface area contributed by atoms with Crippen molar-refractivity contribution in [3.8, 4) is 0 Å². The summed E-state index contributed by atoms with van der Waals surface area (Å²) in [5.41, 5.74) is 10.2. The second-order valence-electron chi connectivity index (χ2n) is 7.86. The van der Waals surface area contributed by atoms with Crippen LogP contribution < -0.4 is 21.3 Å². The second kappa shape index (κ2) is 14.1. The normalized spacial score (nSPS) is 11.8. The Morgan fingerprint density at radius 2 is 1.84 bits per heavy atom. The Morgan fingerprint density at radius 1 is 1.16 bits per heavy atom. The predicted molar refractivity (Wildman–Crippen MR) is 132 cm³/mol. The van der Waals surface area contributed by atoms with Crippen LogP contribution in [0.3, 0.4) is 0 Å². The first-order valence-electron chi connectivity index (χ1n) is 10.8. The first-order chi connectivity index (χ1) is 14.7. The van der Waals surface area contributed by atoms with Gasteiger partial charge in [0.25, 0.3) is 0 Å². The zero-order chi connectivity index (χ0) is 23.2. The number of carbonyl (C=O) groups excluding carboxylic acids is 1. The molecule has 2 amide bonds. The van der Waals surface area contributed by atoms with Gasteiger partial charge in [-0.05, 0) is 70.4 Å².